The fraction of sp³-hybridized carbons (Fsp3) is 0.273. The van der Waals surface area contributed by atoms with Crippen LogP contribution in [0.5, 0.6) is 0 Å². The molecule has 0 fully saturated rings. The molecule has 1 aliphatic rings. The van der Waals surface area contributed by atoms with Crippen LogP contribution in [0.2, 0.25) is 10.0 Å². The fourth-order valence-electron chi connectivity index (χ4n) is 3.80. The van der Waals surface area contributed by atoms with Crippen molar-refractivity contribution in [3.05, 3.63) is 68.8 Å². The van der Waals surface area contributed by atoms with E-state index in [0.717, 1.165) is 25.1 Å². The SMILES string of the molecule is CC(=Cn1c2c(c3cc(C)ccc31)CN(C)CC2)c1ccc(Cl)c(Cl)c1. The van der Waals surface area contributed by atoms with Gasteiger partial charge in [0.2, 0.25) is 0 Å². The number of rotatable bonds is 2. The van der Waals surface area contributed by atoms with E-state index in [9.17, 15) is 0 Å². The molecule has 0 N–H and O–H groups in total. The minimum absolute atomic E-state index is 0.588. The molecule has 0 radical (unpaired) electrons. The number of benzene rings is 2. The third-order valence-electron chi connectivity index (χ3n) is 5.23. The quantitative estimate of drug-likeness (QED) is 0.505. The van der Waals surface area contributed by atoms with Crippen LogP contribution in [0.1, 0.15) is 29.3 Å². The largest absolute Gasteiger partial charge is 0.320 e. The number of aryl methyl sites for hydroxylation is 1. The summed E-state index contributed by atoms with van der Waals surface area (Å²) in [5, 5.41) is 2.55. The Labute approximate surface area is 164 Å². The molecule has 0 aliphatic carbocycles. The van der Waals surface area contributed by atoms with E-state index in [1.807, 2.05) is 18.2 Å². The zero-order chi connectivity index (χ0) is 18.4. The molecule has 134 valence electrons. The van der Waals surface area contributed by atoms with Gasteiger partial charge < -0.3 is 9.47 Å². The maximum absolute atomic E-state index is 6.21. The highest BCUT2D eigenvalue weighted by Gasteiger charge is 2.21. The minimum atomic E-state index is 0.588. The Balaban J connectivity index is 1.89. The highest BCUT2D eigenvalue weighted by Crippen LogP contribution is 2.33. The molecule has 2 heterocycles. The molecular weight excluding hydrogens is 363 g/mol. The highest BCUT2D eigenvalue weighted by atomic mass is 35.5. The highest BCUT2D eigenvalue weighted by molar-refractivity contribution is 6.42. The van der Waals surface area contributed by atoms with E-state index in [-0.39, 0.29) is 0 Å². The molecule has 0 saturated heterocycles. The van der Waals surface area contributed by atoms with Gasteiger partial charge >= 0.3 is 0 Å². The Kier molecular flexibility index (Phi) is 4.60. The van der Waals surface area contributed by atoms with Gasteiger partial charge in [0.1, 0.15) is 0 Å². The summed E-state index contributed by atoms with van der Waals surface area (Å²) in [5.74, 6) is 0. The number of allylic oxidation sites excluding steroid dienone is 1. The molecule has 0 spiro atoms. The number of halogens is 2. The molecule has 0 unspecified atom stereocenters. The second-order valence-corrected chi connectivity index (χ2v) is 8.06. The van der Waals surface area contributed by atoms with Gasteiger partial charge in [-0.2, -0.15) is 0 Å². The number of hydrogen-bond donors (Lipinski definition) is 0. The molecule has 0 saturated carbocycles. The van der Waals surface area contributed by atoms with E-state index in [4.69, 9.17) is 23.2 Å². The van der Waals surface area contributed by atoms with Crippen molar-refractivity contribution >= 4 is 45.9 Å². The molecular formula is C22H22Cl2N2. The van der Waals surface area contributed by atoms with Crippen molar-refractivity contribution in [3.63, 3.8) is 0 Å². The Hall–Kier alpha value is -1.74. The van der Waals surface area contributed by atoms with E-state index >= 15 is 0 Å². The van der Waals surface area contributed by atoms with Crippen LogP contribution in [-0.2, 0) is 13.0 Å². The zero-order valence-electron chi connectivity index (χ0n) is 15.3. The first-order valence-electron chi connectivity index (χ1n) is 8.88. The summed E-state index contributed by atoms with van der Waals surface area (Å²) in [4.78, 5) is 2.39. The van der Waals surface area contributed by atoms with E-state index in [1.165, 1.54) is 33.3 Å². The Morgan fingerprint density at radius 1 is 1.08 bits per heavy atom. The zero-order valence-corrected chi connectivity index (χ0v) is 16.8. The van der Waals surface area contributed by atoms with Gasteiger partial charge in [-0.15, -0.1) is 0 Å². The Bertz CT molecular complexity index is 1030. The van der Waals surface area contributed by atoms with Crippen molar-refractivity contribution in [2.75, 3.05) is 13.6 Å². The number of aromatic nitrogens is 1. The van der Waals surface area contributed by atoms with Crippen molar-refractivity contribution in [3.8, 4) is 0 Å². The molecule has 1 aromatic heterocycles. The average molecular weight is 385 g/mol. The van der Waals surface area contributed by atoms with Crippen LogP contribution in [-0.4, -0.2) is 23.1 Å². The van der Waals surface area contributed by atoms with Crippen molar-refractivity contribution in [1.29, 1.82) is 0 Å². The molecule has 0 atom stereocenters. The molecule has 2 aromatic carbocycles. The lowest BCUT2D eigenvalue weighted by Gasteiger charge is -2.23. The topological polar surface area (TPSA) is 8.17 Å². The number of fused-ring (bicyclic) bond motifs is 3. The van der Waals surface area contributed by atoms with Gasteiger partial charge in [-0.05, 0) is 61.9 Å². The van der Waals surface area contributed by atoms with Crippen LogP contribution < -0.4 is 0 Å². The monoisotopic (exact) mass is 384 g/mol. The smallest absolute Gasteiger partial charge is 0.0598 e. The van der Waals surface area contributed by atoms with Crippen molar-refractivity contribution in [1.82, 2.24) is 9.47 Å². The molecule has 3 aromatic rings. The lowest BCUT2D eigenvalue weighted by molar-refractivity contribution is 0.312. The molecule has 2 nitrogen and oxygen atoms in total. The summed E-state index contributed by atoms with van der Waals surface area (Å²) >= 11 is 12.3. The van der Waals surface area contributed by atoms with E-state index in [2.05, 4.69) is 54.8 Å². The predicted octanol–water partition coefficient (Wildman–Crippen LogP) is 6.26. The van der Waals surface area contributed by atoms with E-state index < -0.39 is 0 Å². The molecule has 0 bridgehead atoms. The first kappa shape index (κ1) is 17.7. The predicted molar refractivity (Wildman–Crippen MR) is 113 cm³/mol. The average Bonchev–Trinajstić information content (AvgIpc) is 2.90. The van der Waals surface area contributed by atoms with Crippen LogP contribution in [0, 0.1) is 6.92 Å². The molecule has 1 aliphatic heterocycles. The van der Waals surface area contributed by atoms with E-state index in [0.29, 0.717) is 10.0 Å². The molecule has 0 amide bonds. The maximum atomic E-state index is 6.21. The molecule has 4 rings (SSSR count). The summed E-state index contributed by atoms with van der Waals surface area (Å²) in [6, 6.07) is 12.6. The van der Waals surface area contributed by atoms with Gasteiger partial charge in [-0.3, -0.25) is 0 Å². The summed E-state index contributed by atoms with van der Waals surface area (Å²) in [6.07, 6.45) is 3.30. The molecule has 4 heteroatoms. The first-order chi connectivity index (χ1) is 12.4. The van der Waals surface area contributed by atoms with Crippen molar-refractivity contribution in [2.24, 2.45) is 0 Å². The Morgan fingerprint density at radius 3 is 2.65 bits per heavy atom. The third kappa shape index (κ3) is 3.07. The summed E-state index contributed by atoms with van der Waals surface area (Å²) in [7, 11) is 2.19. The van der Waals surface area contributed by atoms with Gasteiger partial charge in [0, 0.05) is 36.8 Å². The number of likely N-dealkylation sites (N-methyl/N-ethyl adjacent to an activating group) is 1. The van der Waals surface area contributed by atoms with Gasteiger partial charge in [0.05, 0.1) is 15.6 Å². The first-order valence-corrected chi connectivity index (χ1v) is 9.64. The second-order valence-electron chi connectivity index (χ2n) is 7.24. The maximum Gasteiger partial charge on any atom is 0.0598 e. The van der Waals surface area contributed by atoms with Gasteiger partial charge in [0.25, 0.3) is 0 Å². The summed E-state index contributed by atoms with van der Waals surface area (Å²) < 4.78 is 2.37. The van der Waals surface area contributed by atoms with Gasteiger partial charge in [-0.25, -0.2) is 0 Å². The van der Waals surface area contributed by atoms with Crippen LogP contribution in [0.3, 0.4) is 0 Å². The van der Waals surface area contributed by atoms with E-state index in [1.54, 1.807) is 0 Å². The summed E-state index contributed by atoms with van der Waals surface area (Å²) in [6.45, 7) is 6.37. The van der Waals surface area contributed by atoms with Crippen LogP contribution in [0.4, 0.5) is 0 Å². The lowest BCUT2D eigenvalue weighted by Crippen LogP contribution is -2.26. The number of nitrogens with zero attached hydrogens (tertiary/aromatic N) is 2. The second kappa shape index (κ2) is 6.77. The molecule has 26 heavy (non-hydrogen) atoms. The Morgan fingerprint density at radius 2 is 1.88 bits per heavy atom. The lowest BCUT2D eigenvalue weighted by atomic mass is 10.0. The van der Waals surface area contributed by atoms with Crippen LogP contribution in [0.15, 0.2) is 36.4 Å². The summed E-state index contributed by atoms with van der Waals surface area (Å²) in [5.41, 5.74) is 7.71. The van der Waals surface area contributed by atoms with Crippen LogP contribution in [0.25, 0.3) is 22.7 Å². The van der Waals surface area contributed by atoms with Gasteiger partial charge in [0.15, 0.2) is 0 Å². The minimum Gasteiger partial charge on any atom is -0.320 e. The van der Waals surface area contributed by atoms with Crippen LogP contribution >= 0.6 is 23.2 Å². The van der Waals surface area contributed by atoms with Crippen molar-refractivity contribution in [2.45, 2.75) is 26.8 Å². The van der Waals surface area contributed by atoms with Gasteiger partial charge in [-0.1, -0.05) is 40.9 Å². The normalized spacial score (nSPS) is 15.5. The third-order valence-corrected chi connectivity index (χ3v) is 5.97. The fourth-order valence-corrected chi connectivity index (χ4v) is 4.10. The standard InChI is InChI=1S/C22H22Cl2N2/c1-14-4-7-21-17(10-14)18-13-25(3)9-8-22(18)26(21)12-15(2)16-5-6-19(23)20(24)11-16/h4-7,10-12H,8-9,13H2,1-3H3. The number of hydrogen-bond acceptors (Lipinski definition) is 1. The van der Waals surface area contributed by atoms with Crippen molar-refractivity contribution < 1.29 is 0 Å².